The van der Waals surface area contributed by atoms with E-state index in [9.17, 15) is 0 Å². The van der Waals surface area contributed by atoms with Crippen LogP contribution in [-0.4, -0.2) is 10.3 Å². The fourth-order valence-electron chi connectivity index (χ4n) is 1.47. The van der Waals surface area contributed by atoms with Gasteiger partial charge in [0.1, 0.15) is 0 Å². The van der Waals surface area contributed by atoms with Gasteiger partial charge in [0.25, 0.3) is 0 Å². The molecular weight excluding hydrogens is 246 g/mol. The number of thiazole rings is 1. The number of hydrogen-bond acceptors (Lipinski definition) is 2. The Balaban J connectivity index is 2.40. The van der Waals surface area contributed by atoms with Crippen LogP contribution < -0.4 is 0 Å². The number of hydrogen-bond donors (Lipinski definition) is 0. The van der Waals surface area contributed by atoms with Crippen molar-refractivity contribution in [3.05, 3.63) is 16.6 Å². The van der Waals surface area contributed by atoms with Crippen LogP contribution >= 0.6 is 27.3 Å². The Kier molecular flexibility index (Phi) is 4.96. The highest BCUT2D eigenvalue weighted by Crippen LogP contribution is 2.20. The highest BCUT2D eigenvalue weighted by atomic mass is 79.9. The highest BCUT2D eigenvalue weighted by Gasteiger charge is 2.11. The van der Waals surface area contributed by atoms with Gasteiger partial charge in [-0.3, -0.25) is 0 Å². The summed E-state index contributed by atoms with van der Waals surface area (Å²) in [4.78, 5) is 4.31. The van der Waals surface area contributed by atoms with Crippen molar-refractivity contribution in [1.29, 1.82) is 0 Å². The smallest absolute Gasteiger partial charge is 0.0927 e. The average Bonchev–Trinajstić information content (AvgIpc) is 2.55. The minimum Gasteiger partial charge on any atom is -0.250 e. The van der Waals surface area contributed by atoms with E-state index in [4.69, 9.17) is 0 Å². The number of rotatable bonds is 5. The summed E-state index contributed by atoms with van der Waals surface area (Å²) in [5, 5.41) is 4.41. The van der Waals surface area contributed by atoms with Gasteiger partial charge in [-0.25, -0.2) is 4.98 Å². The van der Waals surface area contributed by atoms with Crippen LogP contribution in [-0.2, 0) is 6.42 Å². The first-order chi connectivity index (χ1) is 6.22. The lowest BCUT2D eigenvalue weighted by molar-refractivity contribution is 0.444. The summed E-state index contributed by atoms with van der Waals surface area (Å²) in [5.41, 5.74) is 0. The van der Waals surface area contributed by atoms with Crippen LogP contribution in [0.25, 0.3) is 0 Å². The number of aromatic nitrogens is 1. The Hall–Kier alpha value is 0.110. The summed E-state index contributed by atoms with van der Waals surface area (Å²) < 4.78 is 0. The van der Waals surface area contributed by atoms with Crippen molar-refractivity contribution < 1.29 is 0 Å². The fourth-order valence-corrected chi connectivity index (χ4v) is 2.69. The second-order valence-corrected chi connectivity index (χ2v) is 5.41. The normalized spacial score (nSPS) is 13.5. The van der Waals surface area contributed by atoms with E-state index in [0.29, 0.717) is 0 Å². The second kappa shape index (κ2) is 5.76. The molecule has 0 spiro atoms. The van der Waals surface area contributed by atoms with Gasteiger partial charge < -0.3 is 0 Å². The minimum absolute atomic E-state index is 0.742. The van der Waals surface area contributed by atoms with Gasteiger partial charge in [-0.1, -0.05) is 29.8 Å². The summed E-state index contributed by atoms with van der Waals surface area (Å²) in [5.74, 6) is 1.52. The Labute approximate surface area is 92.7 Å². The van der Waals surface area contributed by atoms with Crippen LogP contribution in [0.2, 0.25) is 0 Å². The first-order valence-electron chi connectivity index (χ1n) is 4.66. The van der Waals surface area contributed by atoms with Crippen LogP contribution in [0, 0.1) is 11.8 Å². The minimum atomic E-state index is 0.742. The molecule has 1 heterocycles. The van der Waals surface area contributed by atoms with E-state index in [1.54, 1.807) is 11.3 Å². The van der Waals surface area contributed by atoms with Crippen molar-refractivity contribution in [3.63, 3.8) is 0 Å². The lowest BCUT2D eigenvalue weighted by Crippen LogP contribution is -2.09. The van der Waals surface area contributed by atoms with Crippen molar-refractivity contribution in [1.82, 2.24) is 4.98 Å². The maximum Gasteiger partial charge on any atom is 0.0927 e. The third-order valence-corrected chi connectivity index (χ3v) is 3.69. The van der Waals surface area contributed by atoms with Gasteiger partial charge in [-0.2, -0.15) is 0 Å². The van der Waals surface area contributed by atoms with E-state index in [-0.39, 0.29) is 0 Å². The van der Waals surface area contributed by atoms with Crippen molar-refractivity contribution in [2.75, 3.05) is 5.33 Å². The first-order valence-corrected chi connectivity index (χ1v) is 6.66. The van der Waals surface area contributed by atoms with Gasteiger partial charge in [0.2, 0.25) is 0 Å². The van der Waals surface area contributed by atoms with Gasteiger partial charge in [0, 0.05) is 23.3 Å². The van der Waals surface area contributed by atoms with Gasteiger partial charge in [-0.15, -0.1) is 11.3 Å². The molecule has 1 rings (SSSR count). The number of nitrogens with zero attached hydrogens (tertiary/aromatic N) is 1. The molecule has 0 saturated carbocycles. The van der Waals surface area contributed by atoms with Crippen molar-refractivity contribution in [3.8, 4) is 0 Å². The summed E-state index contributed by atoms with van der Waals surface area (Å²) >= 11 is 5.33. The zero-order chi connectivity index (χ0) is 9.68. The number of halogens is 1. The van der Waals surface area contributed by atoms with Crippen LogP contribution in [0.3, 0.4) is 0 Å². The summed E-state index contributed by atoms with van der Waals surface area (Å²) in [7, 11) is 0. The zero-order valence-electron chi connectivity index (χ0n) is 8.16. The Morgan fingerprint density at radius 1 is 1.54 bits per heavy atom. The molecule has 0 aliphatic heterocycles. The molecule has 13 heavy (non-hydrogen) atoms. The van der Waals surface area contributed by atoms with Gasteiger partial charge in [0.05, 0.1) is 5.01 Å². The third-order valence-electron chi connectivity index (χ3n) is 1.97. The Bertz CT molecular complexity index is 221. The van der Waals surface area contributed by atoms with E-state index >= 15 is 0 Å². The van der Waals surface area contributed by atoms with Crippen LogP contribution in [0.1, 0.15) is 25.3 Å². The molecule has 0 amide bonds. The number of alkyl halides is 1. The molecule has 0 aliphatic carbocycles. The topological polar surface area (TPSA) is 12.9 Å². The molecule has 0 aromatic carbocycles. The van der Waals surface area contributed by atoms with Gasteiger partial charge >= 0.3 is 0 Å². The quantitative estimate of drug-likeness (QED) is 0.736. The molecular formula is C10H16BrNS. The van der Waals surface area contributed by atoms with E-state index in [2.05, 4.69) is 40.1 Å². The summed E-state index contributed by atoms with van der Waals surface area (Å²) in [6.45, 7) is 4.55. The van der Waals surface area contributed by atoms with E-state index in [0.717, 1.165) is 23.6 Å². The lowest BCUT2D eigenvalue weighted by atomic mass is 9.96. The molecule has 1 unspecified atom stereocenters. The molecule has 0 radical (unpaired) electrons. The molecule has 74 valence electrons. The van der Waals surface area contributed by atoms with E-state index in [1.807, 2.05) is 6.20 Å². The van der Waals surface area contributed by atoms with Crippen LogP contribution in [0.4, 0.5) is 0 Å². The predicted octanol–water partition coefficient (Wildman–Crippen LogP) is 3.74. The fraction of sp³-hybridized carbons (Fsp3) is 0.700. The van der Waals surface area contributed by atoms with Crippen LogP contribution in [0.15, 0.2) is 11.6 Å². The molecule has 0 N–H and O–H groups in total. The monoisotopic (exact) mass is 261 g/mol. The molecule has 0 aliphatic rings. The largest absolute Gasteiger partial charge is 0.250 e. The van der Waals surface area contributed by atoms with E-state index < -0.39 is 0 Å². The molecule has 1 aromatic heterocycles. The lowest BCUT2D eigenvalue weighted by Gasteiger charge is -2.14. The molecule has 1 aromatic rings. The Morgan fingerprint density at radius 2 is 2.31 bits per heavy atom. The highest BCUT2D eigenvalue weighted by molar-refractivity contribution is 9.09. The summed E-state index contributed by atoms with van der Waals surface area (Å²) in [6, 6.07) is 0. The molecule has 1 atom stereocenters. The van der Waals surface area contributed by atoms with Crippen molar-refractivity contribution in [2.24, 2.45) is 11.8 Å². The standard InChI is InChI=1S/C10H16BrNS/c1-8(2)5-9(7-11)6-10-12-3-4-13-10/h3-4,8-9H,5-7H2,1-2H3. The third kappa shape index (κ3) is 4.23. The van der Waals surface area contributed by atoms with Crippen LogP contribution in [0.5, 0.6) is 0 Å². The molecule has 0 saturated heterocycles. The van der Waals surface area contributed by atoms with Gasteiger partial charge in [0.15, 0.2) is 0 Å². The maximum absolute atomic E-state index is 4.31. The second-order valence-electron chi connectivity index (χ2n) is 3.78. The predicted molar refractivity (Wildman–Crippen MR) is 62.6 cm³/mol. The van der Waals surface area contributed by atoms with Crippen molar-refractivity contribution in [2.45, 2.75) is 26.7 Å². The Morgan fingerprint density at radius 3 is 2.77 bits per heavy atom. The zero-order valence-corrected chi connectivity index (χ0v) is 10.6. The molecule has 3 heteroatoms. The molecule has 1 nitrogen and oxygen atoms in total. The maximum atomic E-state index is 4.31. The van der Waals surface area contributed by atoms with E-state index in [1.165, 1.54) is 11.4 Å². The molecule has 0 fully saturated rings. The average molecular weight is 262 g/mol. The SMILES string of the molecule is CC(C)CC(CBr)Cc1nccs1. The molecule has 0 bridgehead atoms. The van der Waals surface area contributed by atoms with Crippen molar-refractivity contribution >= 4 is 27.3 Å². The first kappa shape index (κ1) is 11.2. The van der Waals surface area contributed by atoms with Gasteiger partial charge in [-0.05, 0) is 18.3 Å². The summed E-state index contributed by atoms with van der Waals surface area (Å²) in [6.07, 6.45) is 4.30.